The molecule has 0 saturated carbocycles. The van der Waals surface area contributed by atoms with Crippen molar-refractivity contribution in [3.05, 3.63) is 0 Å². The molecule has 4 heteroatoms. The summed E-state index contributed by atoms with van der Waals surface area (Å²) < 4.78 is 6.22. The fraction of sp³-hybridized carbons (Fsp3) is 1.00. The maximum atomic E-state index is 6.24. The fourth-order valence-corrected chi connectivity index (χ4v) is 5.25. The van der Waals surface area contributed by atoms with Gasteiger partial charge in [-0.15, -0.1) is 0 Å². The number of nitrogens with zero attached hydrogens (tertiary/aromatic N) is 1. The Hall–Kier alpha value is 0.230. The first kappa shape index (κ1) is 15.6. The van der Waals surface area contributed by atoms with E-state index in [0.29, 0.717) is 5.25 Å². The minimum absolute atomic E-state index is 0.0915. The Balaban J connectivity index is 2.27. The van der Waals surface area contributed by atoms with Crippen molar-refractivity contribution in [1.82, 2.24) is 4.90 Å². The molecule has 0 amide bonds. The smallest absolute Gasteiger partial charge is 0.0761 e. The highest BCUT2D eigenvalue weighted by Crippen LogP contribution is 2.41. The van der Waals surface area contributed by atoms with Crippen LogP contribution < -0.4 is 5.73 Å². The van der Waals surface area contributed by atoms with E-state index in [0.717, 1.165) is 19.6 Å². The molecule has 19 heavy (non-hydrogen) atoms. The summed E-state index contributed by atoms with van der Waals surface area (Å²) in [5, 5.41) is 0.607. The van der Waals surface area contributed by atoms with Crippen molar-refractivity contribution in [3.8, 4) is 0 Å². The molecular weight excluding hydrogens is 256 g/mol. The van der Waals surface area contributed by atoms with Gasteiger partial charge < -0.3 is 10.5 Å². The number of nitrogens with two attached hydrogens (primary N) is 1. The van der Waals surface area contributed by atoms with Crippen molar-refractivity contribution in [1.29, 1.82) is 0 Å². The molecular formula is C15H30N2OS. The first-order valence-corrected chi connectivity index (χ1v) is 8.53. The zero-order valence-electron chi connectivity index (χ0n) is 13.2. The third-order valence-electron chi connectivity index (χ3n) is 4.56. The molecule has 0 spiro atoms. The molecule has 0 aromatic carbocycles. The van der Waals surface area contributed by atoms with Gasteiger partial charge in [0.2, 0.25) is 0 Å². The van der Waals surface area contributed by atoms with Crippen LogP contribution in [0.15, 0.2) is 0 Å². The van der Waals surface area contributed by atoms with Crippen LogP contribution in [0, 0.1) is 0 Å². The highest BCUT2D eigenvalue weighted by molar-refractivity contribution is 8.00. The summed E-state index contributed by atoms with van der Waals surface area (Å²) in [5.74, 6) is 1.28. The van der Waals surface area contributed by atoms with E-state index in [1.807, 2.05) is 0 Å². The standard InChI is InChI=1S/C15H30N2OS/c1-12-15(9-16,7-6-8-19-12)17-10-13(2,3)18-14(4,5)11-17/h12H,6-11,16H2,1-5H3. The van der Waals surface area contributed by atoms with Crippen LogP contribution in [0.1, 0.15) is 47.5 Å². The van der Waals surface area contributed by atoms with Crippen molar-refractivity contribution in [2.45, 2.75) is 69.5 Å². The van der Waals surface area contributed by atoms with E-state index in [9.17, 15) is 0 Å². The third-order valence-corrected chi connectivity index (χ3v) is 6.02. The summed E-state index contributed by atoms with van der Waals surface area (Å²) in [7, 11) is 0. The molecule has 2 unspecified atom stereocenters. The van der Waals surface area contributed by atoms with Gasteiger partial charge in [0.25, 0.3) is 0 Å². The van der Waals surface area contributed by atoms with Gasteiger partial charge >= 0.3 is 0 Å². The Morgan fingerprint density at radius 3 is 2.26 bits per heavy atom. The van der Waals surface area contributed by atoms with Gasteiger partial charge in [0, 0.05) is 30.4 Å². The monoisotopic (exact) mass is 286 g/mol. The lowest BCUT2D eigenvalue weighted by Gasteiger charge is -2.57. The summed E-state index contributed by atoms with van der Waals surface area (Å²) >= 11 is 2.08. The average molecular weight is 286 g/mol. The molecule has 0 aromatic heterocycles. The number of hydrogen-bond acceptors (Lipinski definition) is 4. The first-order valence-electron chi connectivity index (χ1n) is 7.48. The van der Waals surface area contributed by atoms with Gasteiger partial charge in [-0.2, -0.15) is 11.8 Å². The van der Waals surface area contributed by atoms with Crippen molar-refractivity contribution in [3.63, 3.8) is 0 Å². The third kappa shape index (κ3) is 3.12. The lowest BCUT2D eigenvalue weighted by Crippen LogP contribution is -2.69. The van der Waals surface area contributed by atoms with Gasteiger partial charge in [0.05, 0.1) is 11.2 Å². The Morgan fingerprint density at radius 2 is 1.79 bits per heavy atom. The number of ether oxygens (including phenoxy) is 1. The Bertz CT molecular complexity index is 316. The number of thioether (sulfide) groups is 1. The van der Waals surface area contributed by atoms with Crippen LogP contribution in [0.2, 0.25) is 0 Å². The maximum Gasteiger partial charge on any atom is 0.0761 e. The van der Waals surface area contributed by atoms with E-state index in [1.54, 1.807) is 0 Å². The second-order valence-electron chi connectivity index (χ2n) is 7.40. The van der Waals surface area contributed by atoms with Gasteiger partial charge in [0.1, 0.15) is 0 Å². The molecule has 3 nitrogen and oxygen atoms in total. The normalized spacial score (nSPS) is 39.2. The molecule has 2 aliphatic heterocycles. The van der Waals surface area contributed by atoms with Crippen LogP contribution in [0.25, 0.3) is 0 Å². The van der Waals surface area contributed by atoms with E-state index >= 15 is 0 Å². The minimum Gasteiger partial charge on any atom is -0.367 e. The van der Waals surface area contributed by atoms with Crippen molar-refractivity contribution < 1.29 is 4.74 Å². The second kappa shape index (κ2) is 5.21. The molecule has 2 rings (SSSR count). The van der Waals surface area contributed by atoms with Gasteiger partial charge in [-0.25, -0.2) is 0 Å². The molecule has 2 heterocycles. The first-order chi connectivity index (χ1) is 8.71. The van der Waals surface area contributed by atoms with Crippen LogP contribution in [0.4, 0.5) is 0 Å². The van der Waals surface area contributed by atoms with E-state index in [-0.39, 0.29) is 16.7 Å². The molecule has 2 N–H and O–H groups in total. The maximum absolute atomic E-state index is 6.24. The Morgan fingerprint density at radius 1 is 1.21 bits per heavy atom. The SMILES string of the molecule is CC1SCCCC1(CN)N1CC(C)(C)OC(C)(C)C1. The van der Waals surface area contributed by atoms with Crippen molar-refractivity contribution in [2.75, 3.05) is 25.4 Å². The molecule has 2 fully saturated rings. The summed E-state index contributed by atoms with van der Waals surface area (Å²) in [6.07, 6.45) is 2.51. The van der Waals surface area contributed by atoms with Gasteiger partial charge in [0.15, 0.2) is 0 Å². The molecule has 2 atom stereocenters. The van der Waals surface area contributed by atoms with Gasteiger partial charge in [-0.05, 0) is 46.3 Å². The quantitative estimate of drug-likeness (QED) is 0.846. The van der Waals surface area contributed by atoms with Crippen LogP contribution >= 0.6 is 11.8 Å². The number of morpholine rings is 1. The molecule has 112 valence electrons. The Kier molecular flexibility index (Phi) is 4.28. The van der Waals surface area contributed by atoms with Crippen LogP contribution in [-0.2, 0) is 4.74 Å². The zero-order chi connectivity index (χ0) is 14.3. The summed E-state index contributed by atoms with van der Waals surface area (Å²) in [6.45, 7) is 13.9. The van der Waals surface area contributed by atoms with E-state index in [4.69, 9.17) is 10.5 Å². The number of hydrogen-bond donors (Lipinski definition) is 1. The van der Waals surface area contributed by atoms with E-state index in [2.05, 4.69) is 51.3 Å². The van der Waals surface area contributed by atoms with Crippen LogP contribution in [0.3, 0.4) is 0 Å². The predicted octanol–water partition coefficient (Wildman–Crippen LogP) is 2.49. The number of rotatable bonds is 2. The molecule has 2 aliphatic rings. The summed E-state index contributed by atoms with van der Waals surface area (Å²) in [4.78, 5) is 2.63. The highest BCUT2D eigenvalue weighted by Gasteiger charge is 2.49. The van der Waals surface area contributed by atoms with Crippen LogP contribution in [0.5, 0.6) is 0 Å². The fourth-order valence-electron chi connectivity index (χ4n) is 3.91. The second-order valence-corrected chi connectivity index (χ2v) is 8.85. The predicted molar refractivity (Wildman–Crippen MR) is 83.8 cm³/mol. The Labute approximate surface area is 122 Å². The highest BCUT2D eigenvalue weighted by atomic mass is 32.2. The summed E-state index contributed by atoms with van der Waals surface area (Å²) in [5.41, 5.74) is 6.21. The molecule has 0 aliphatic carbocycles. The van der Waals surface area contributed by atoms with Gasteiger partial charge in [-0.1, -0.05) is 6.92 Å². The minimum atomic E-state index is -0.0915. The van der Waals surface area contributed by atoms with E-state index in [1.165, 1.54) is 18.6 Å². The van der Waals surface area contributed by atoms with Gasteiger partial charge in [-0.3, -0.25) is 4.90 Å². The largest absolute Gasteiger partial charge is 0.367 e. The van der Waals surface area contributed by atoms with Crippen LogP contribution in [-0.4, -0.2) is 52.3 Å². The zero-order valence-corrected chi connectivity index (χ0v) is 14.0. The summed E-state index contributed by atoms with van der Waals surface area (Å²) in [6, 6.07) is 0. The average Bonchev–Trinajstić information content (AvgIpc) is 2.25. The topological polar surface area (TPSA) is 38.5 Å². The molecule has 0 aromatic rings. The lowest BCUT2D eigenvalue weighted by atomic mass is 9.84. The van der Waals surface area contributed by atoms with Crippen molar-refractivity contribution in [2.24, 2.45) is 5.73 Å². The molecule has 0 bridgehead atoms. The lowest BCUT2D eigenvalue weighted by molar-refractivity contribution is -0.199. The van der Waals surface area contributed by atoms with Crippen molar-refractivity contribution >= 4 is 11.8 Å². The molecule has 2 saturated heterocycles. The molecule has 0 radical (unpaired) electrons. The van der Waals surface area contributed by atoms with E-state index < -0.39 is 0 Å².